The predicted molar refractivity (Wildman–Crippen MR) is 94.8 cm³/mol. The Morgan fingerprint density at radius 3 is 2.46 bits per heavy atom. The standard InChI is InChI=1S/C19H20N2O3/c1-12-19(14-9-10-17(23-3)18(11-14)24-4)20-15-7-5-6-8-16(15)21(12)13(2)22/h5-12H,1-4H3/t12-/m1/s1. The van der Waals surface area contributed by atoms with Crippen molar-refractivity contribution in [3.8, 4) is 11.5 Å². The minimum Gasteiger partial charge on any atom is -0.493 e. The van der Waals surface area contributed by atoms with Crippen LogP contribution in [0.4, 0.5) is 11.4 Å². The molecule has 3 rings (SSSR count). The number of amides is 1. The number of nitrogens with zero attached hydrogens (tertiary/aromatic N) is 2. The van der Waals surface area contributed by atoms with E-state index in [1.54, 1.807) is 26.0 Å². The number of carbonyl (C=O) groups excluding carboxylic acids is 1. The number of hydrogen-bond donors (Lipinski definition) is 0. The summed E-state index contributed by atoms with van der Waals surface area (Å²) in [5, 5.41) is 0. The molecular formula is C19H20N2O3. The Morgan fingerprint density at radius 2 is 1.79 bits per heavy atom. The van der Waals surface area contributed by atoms with Crippen molar-refractivity contribution in [2.24, 2.45) is 4.99 Å². The van der Waals surface area contributed by atoms with E-state index in [1.165, 1.54) is 0 Å². The van der Waals surface area contributed by atoms with Crippen LogP contribution in [0.15, 0.2) is 47.5 Å². The van der Waals surface area contributed by atoms with Crippen molar-refractivity contribution in [1.29, 1.82) is 0 Å². The van der Waals surface area contributed by atoms with E-state index in [0.717, 1.165) is 22.6 Å². The lowest BCUT2D eigenvalue weighted by atomic mass is 9.99. The van der Waals surface area contributed by atoms with Gasteiger partial charge in [0.05, 0.1) is 37.3 Å². The molecule has 1 aliphatic rings. The molecule has 2 aromatic rings. The molecule has 0 aliphatic carbocycles. The summed E-state index contributed by atoms with van der Waals surface area (Å²) in [7, 11) is 3.21. The Morgan fingerprint density at radius 1 is 1.08 bits per heavy atom. The monoisotopic (exact) mass is 324 g/mol. The van der Waals surface area contributed by atoms with Gasteiger partial charge in [-0.2, -0.15) is 0 Å². The van der Waals surface area contributed by atoms with Crippen molar-refractivity contribution in [2.45, 2.75) is 19.9 Å². The number of para-hydroxylation sites is 2. The van der Waals surface area contributed by atoms with Crippen LogP contribution in [0.2, 0.25) is 0 Å². The van der Waals surface area contributed by atoms with E-state index >= 15 is 0 Å². The average molecular weight is 324 g/mol. The number of hydrogen-bond acceptors (Lipinski definition) is 4. The Labute approximate surface area is 141 Å². The van der Waals surface area contributed by atoms with Gasteiger partial charge in [-0.1, -0.05) is 12.1 Å². The molecule has 0 unspecified atom stereocenters. The molecule has 0 spiro atoms. The summed E-state index contributed by atoms with van der Waals surface area (Å²) in [5.74, 6) is 1.29. The van der Waals surface area contributed by atoms with Gasteiger partial charge in [-0.3, -0.25) is 4.79 Å². The largest absolute Gasteiger partial charge is 0.493 e. The van der Waals surface area contributed by atoms with Crippen molar-refractivity contribution in [1.82, 2.24) is 0 Å². The maximum Gasteiger partial charge on any atom is 0.224 e. The molecule has 1 heterocycles. The lowest BCUT2D eigenvalue weighted by Crippen LogP contribution is -2.44. The molecule has 0 saturated carbocycles. The fourth-order valence-electron chi connectivity index (χ4n) is 3.06. The summed E-state index contributed by atoms with van der Waals surface area (Å²) in [4.78, 5) is 18.8. The highest BCUT2D eigenvalue weighted by atomic mass is 16.5. The first kappa shape index (κ1) is 16.1. The average Bonchev–Trinajstić information content (AvgIpc) is 2.60. The molecule has 1 aliphatic heterocycles. The van der Waals surface area contributed by atoms with Crippen LogP contribution in [-0.4, -0.2) is 31.9 Å². The molecule has 1 amide bonds. The second-order valence-electron chi connectivity index (χ2n) is 5.62. The molecule has 0 aromatic heterocycles. The van der Waals surface area contributed by atoms with Crippen molar-refractivity contribution in [3.05, 3.63) is 48.0 Å². The first-order chi connectivity index (χ1) is 11.6. The molecule has 0 saturated heterocycles. The van der Waals surface area contributed by atoms with Crippen LogP contribution in [0.25, 0.3) is 0 Å². The maximum atomic E-state index is 12.2. The zero-order chi connectivity index (χ0) is 17.3. The van der Waals surface area contributed by atoms with Crippen LogP contribution in [0.5, 0.6) is 11.5 Å². The zero-order valence-corrected chi connectivity index (χ0v) is 14.2. The lowest BCUT2D eigenvalue weighted by Gasteiger charge is -2.34. The number of ether oxygens (including phenoxy) is 2. The summed E-state index contributed by atoms with van der Waals surface area (Å²) in [5.41, 5.74) is 3.35. The second kappa shape index (κ2) is 6.35. The Kier molecular flexibility index (Phi) is 4.25. The normalized spacial score (nSPS) is 16.2. The van der Waals surface area contributed by atoms with Crippen molar-refractivity contribution < 1.29 is 14.3 Å². The quantitative estimate of drug-likeness (QED) is 0.867. The van der Waals surface area contributed by atoms with E-state index in [9.17, 15) is 4.79 Å². The molecule has 124 valence electrons. The van der Waals surface area contributed by atoms with Gasteiger partial charge in [-0.25, -0.2) is 4.99 Å². The van der Waals surface area contributed by atoms with Gasteiger partial charge in [0.15, 0.2) is 11.5 Å². The SMILES string of the molecule is COc1ccc(C2=Nc3ccccc3N(C(C)=O)[C@@H]2C)cc1OC. The number of methoxy groups -OCH3 is 2. The number of fused-ring (bicyclic) bond motifs is 1. The summed E-state index contributed by atoms with van der Waals surface area (Å²) in [6.07, 6.45) is 0. The van der Waals surface area contributed by atoms with Gasteiger partial charge in [0, 0.05) is 12.5 Å². The Bertz CT molecular complexity index is 814. The van der Waals surface area contributed by atoms with Gasteiger partial charge in [-0.05, 0) is 37.3 Å². The highest BCUT2D eigenvalue weighted by Crippen LogP contribution is 2.37. The lowest BCUT2D eigenvalue weighted by molar-refractivity contribution is -0.116. The van der Waals surface area contributed by atoms with Crippen LogP contribution in [-0.2, 0) is 4.79 Å². The van der Waals surface area contributed by atoms with E-state index in [0.29, 0.717) is 11.5 Å². The number of rotatable bonds is 3. The highest BCUT2D eigenvalue weighted by Gasteiger charge is 2.30. The number of carbonyl (C=O) groups is 1. The molecule has 1 atom stereocenters. The summed E-state index contributed by atoms with van der Waals surface area (Å²) < 4.78 is 10.7. The van der Waals surface area contributed by atoms with Crippen molar-refractivity contribution in [3.63, 3.8) is 0 Å². The van der Waals surface area contributed by atoms with Crippen LogP contribution in [0, 0.1) is 0 Å². The van der Waals surface area contributed by atoms with Gasteiger partial charge < -0.3 is 14.4 Å². The van der Waals surface area contributed by atoms with E-state index in [-0.39, 0.29) is 11.9 Å². The highest BCUT2D eigenvalue weighted by molar-refractivity contribution is 6.14. The van der Waals surface area contributed by atoms with Gasteiger partial charge >= 0.3 is 0 Å². The van der Waals surface area contributed by atoms with Crippen LogP contribution < -0.4 is 14.4 Å². The molecule has 0 N–H and O–H groups in total. The molecule has 0 fully saturated rings. The first-order valence-electron chi connectivity index (χ1n) is 7.76. The Hall–Kier alpha value is -2.82. The molecule has 0 bridgehead atoms. The number of benzene rings is 2. The topological polar surface area (TPSA) is 51.1 Å². The van der Waals surface area contributed by atoms with Crippen LogP contribution in [0.1, 0.15) is 19.4 Å². The molecule has 24 heavy (non-hydrogen) atoms. The second-order valence-corrected chi connectivity index (χ2v) is 5.62. The molecule has 2 aromatic carbocycles. The Balaban J connectivity index is 2.14. The van der Waals surface area contributed by atoms with E-state index in [2.05, 4.69) is 0 Å². The zero-order valence-electron chi connectivity index (χ0n) is 14.2. The fraction of sp³-hybridized carbons (Fsp3) is 0.263. The smallest absolute Gasteiger partial charge is 0.224 e. The van der Waals surface area contributed by atoms with Gasteiger partial charge in [0.2, 0.25) is 5.91 Å². The third-order valence-corrected chi connectivity index (χ3v) is 4.18. The molecule has 5 heteroatoms. The molecule has 5 nitrogen and oxygen atoms in total. The van der Waals surface area contributed by atoms with Crippen molar-refractivity contribution in [2.75, 3.05) is 19.1 Å². The van der Waals surface area contributed by atoms with E-state index < -0.39 is 0 Å². The predicted octanol–water partition coefficient (Wildman–Crippen LogP) is 3.58. The maximum absolute atomic E-state index is 12.2. The minimum atomic E-state index is -0.171. The van der Waals surface area contributed by atoms with Gasteiger partial charge in [-0.15, -0.1) is 0 Å². The third kappa shape index (κ3) is 2.62. The van der Waals surface area contributed by atoms with Gasteiger partial charge in [0.1, 0.15) is 0 Å². The minimum absolute atomic E-state index is 0.0113. The summed E-state index contributed by atoms with van der Waals surface area (Å²) in [6.45, 7) is 3.55. The fourth-order valence-corrected chi connectivity index (χ4v) is 3.06. The number of aliphatic imine (C=N–C) groups is 1. The molecular weight excluding hydrogens is 304 g/mol. The van der Waals surface area contributed by atoms with Crippen LogP contribution in [0.3, 0.4) is 0 Å². The van der Waals surface area contributed by atoms with Crippen molar-refractivity contribution >= 4 is 23.0 Å². The van der Waals surface area contributed by atoms with E-state index in [1.807, 2.05) is 49.4 Å². The van der Waals surface area contributed by atoms with Crippen LogP contribution >= 0.6 is 0 Å². The molecule has 0 radical (unpaired) electrons. The first-order valence-corrected chi connectivity index (χ1v) is 7.76. The number of anilines is 1. The third-order valence-electron chi connectivity index (χ3n) is 4.18. The summed E-state index contributed by atoms with van der Waals surface area (Å²) >= 11 is 0. The van der Waals surface area contributed by atoms with E-state index in [4.69, 9.17) is 14.5 Å². The summed E-state index contributed by atoms with van der Waals surface area (Å²) in [6, 6.07) is 13.2. The van der Waals surface area contributed by atoms with Gasteiger partial charge in [0.25, 0.3) is 0 Å².